The van der Waals surface area contributed by atoms with E-state index in [1.807, 2.05) is 23.1 Å². The molecule has 2 aromatic rings. The highest BCUT2D eigenvalue weighted by molar-refractivity contribution is 5.88. The molecule has 5 rings (SSSR count). The Balaban J connectivity index is 1.58. The zero-order valence-corrected chi connectivity index (χ0v) is 15.8. The fraction of sp³-hybridized carbons (Fsp3) is 0.476. The first-order chi connectivity index (χ1) is 13.5. The van der Waals surface area contributed by atoms with E-state index >= 15 is 0 Å². The number of amides is 1. The smallest absolute Gasteiger partial charge is 0.338 e. The van der Waals surface area contributed by atoms with Crippen LogP contribution in [0, 0.1) is 11.8 Å². The molecule has 4 atom stereocenters. The molecule has 0 saturated carbocycles. The molecular formula is C21H22N2O5. The van der Waals surface area contributed by atoms with Gasteiger partial charge in [0.15, 0.2) is 5.60 Å². The van der Waals surface area contributed by atoms with Gasteiger partial charge in [0.05, 0.1) is 30.3 Å². The summed E-state index contributed by atoms with van der Waals surface area (Å²) in [5, 5.41) is 11.9. The summed E-state index contributed by atoms with van der Waals surface area (Å²) in [6.45, 7) is 2.28. The van der Waals surface area contributed by atoms with Gasteiger partial charge in [0.2, 0.25) is 5.91 Å². The van der Waals surface area contributed by atoms with Crippen LogP contribution in [0.4, 0.5) is 0 Å². The van der Waals surface area contributed by atoms with Crippen molar-refractivity contribution in [3.63, 3.8) is 0 Å². The second kappa shape index (κ2) is 5.91. The van der Waals surface area contributed by atoms with Gasteiger partial charge in [-0.3, -0.25) is 9.78 Å². The topological polar surface area (TPSA) is 89.0 Å². The van der Waals surface area contributed by atoms with Crippen molar-refractivity contribution in [3.05, 3.63) is 35.5 Å². The van der Waals surface area contributed by atoms with E-state index in [0.29, 0.717) is 13.0 Å². The lowest BCUT2D eigenvalue weighted by molar-refractivity contribution is -0.202. The fourth-order valence-electron chi connectivity index (χ4n) is 5.02. The average Bonchev–Trinajstić information content (AvgIpc) is 3.07. The molecule has 146 valence electrons. The van der Waals surface area contributed by atoms with Gasteiger partial charge in [-0.15, -0.1) is 0 Å². The molecule has 2 saturated heterocycles. The predicted octanol–water partition coefficient (Wildman–Crippen LogP) is 1.96. The van der Waals surface area contributed by atoms with Crippen LogP contribution in [-0.4, -0.2) is 46.2 Å². The lowest BCUT2D eigenvalue weighted by atomic mass is 9.69. The number of aromatic nitrogens is 1. The van der Waals surface area contributed by atoms with Crippen molar-refractivity contribution in [2.75, 3.05) is 13.7 Å². The third-order valence-corrected chi connectivity index (χ3v) is 6.63. The highest BCUT2D eigenvalue weighted by Crippen LogP contribution is 2.50. The van der Waals surface area contributed by atoms with E-state index in [9.17, 15) is 14.7 Å². The normalized spacial score (nSPS) is 31.2. The monoisotopic (exact) mass is 382 g/mol. The van der Waals surface area contributed by atoms with Crippen molar-refractivity contribution < 1.29 is 24.2 Å². The van der Waals surface area contributed by atoms with Crippen LogP contribution in [0.3, 0.4) is 0 Å². The third-order valence-electron chi connectivity index (χ3n) is 6.63. The first-order valence-corrected chi connectivity index (χ1v) is 9.64. The summed E-state index contributed by atoms with van der Waals surface area (Å²) in [4.78, 5) is 32.1. The van der Waals surface area contributed by atoms with Crippen molar-refractivity contribution in [2.45, 2.75) is 38.0 Å². The number of ether oxygens (including phenoxy) is 2. The number of aliphatic hydroxyl groups is 1. The van der Waals surface area contributed by atoms with Crippen molar-refractivity contribution in [3.8, 4) is 5.75 Å². The Kier molecular flexibility index (Phi) is 3.68. The molecule has 3 aliphatic heterocycles. The Bertz CT molecular complexity index is 1010. The van der Waals surface area contributed by atoms with E-state index in [1.54, 1.807) is 14.0 Å². The zero-order valence-electron chi connectivity index (χ0n) is 15.8. The summed E-state index contributed by atoms with van der Waals surface area (Å²) in [6.07, 6.45) is 0.738. The van der Waals surface area contributed by atoms with Gasteiger partial charge in [0.25, 0.3) is 0 Å². The van der Waals surface area contributed by atoms with Gasteiger partial charge in [-0.1, -0.05) is 6.92 Å². The second-order valence-corrected chi connectivity index (χ2v) is 7.90. The Morgan fingerprint density at radius 1 is 1.36 bits per heavy atom. The first kappa shape index (κ1) is 17.4. The van der Waals surface area contributed by atoms with Gasteiger partial charge >= 0.3 is 5.97 Å². The molecule has 0 radical (unpaired) electrons. The Morgan fingerprint density at radius 3 is 2.93 bits per heavy atom. The maximum atomic E-state index is 13.2. The standard InChI is InChI=1S/C21H22N2O5/c1-3-21(26)15-8-17-18-12(6-11-7-13(27-2)4-5-16(11)22-18)9-23(17)19(24)14(15)10-28-20(21)25/h4-7,14-15,17,26H,3,8-10H2,1-2H3/t14?,15?,17?,21-/m0/s1. The number of pyridine rings is 1. The van der Waals surface area contributed by atoms with E-state index in [0.717, 1.165) is 27.9 Å². The van der Waals surface area contributed by atoms with E-state index < -0.39 is 23.4 Å². The molecule has 1 N–H and O–H groups in total. The second-order valence-electron chi connectivity index (χ2n) is 7.90. The molecule has 0 aliphatic carbocycles. The fourth-order valence-corrected chi connectivity index (χ4v) is 5.02. The van der Waals surface area contributed by atoms with Crippen molar-refractivity contribution >= 4 is 22.8 Å². The van der Waals surface area contributed by atoms with E-state index in [-0.39, 0.29) is 25.0 Å². The summed E-state index contributed by atoms with van der Waals surface area (Å²) >= 11 is 0. The molecular weight excluding hydrogens is 360 g/mol. The zero-order chi connectivity index (χ0) is 19.6. The summed E-state index contributed by atoms with van der Waals surface area (Å²) in [5.74, 6) is -0.875. The van der Waals surface area contributed by atoms with Crippen LogP contribution in [0.15, 0.2) is 24.3 Å². The Morgan fingerprint density at radius 2 is 2.18 bits per heavy atom. The molecule has 0 spiro atoms. The van der Waals surface area contributed by atoms with Gasteiger partial charge in [-0.05, 0) is 42.7 Å². The number of hydrogen-bond donors (Lipinski definition) is 1. The number of esters is 1. The van der Waals surface area contributed by atoms with Crippen molar-refractivity contribution in [1.29, 1.82) is 0 Å². The minimum atomic E-state index is -1.61. The maximum Gasteiger partial charge on any atom is 0.338 e. The van der Waals surface area contributed by atoms with Crippen LogP contribution < -0.4 is 4.74 Å². The van der Waals surface area contributed by atoms with Gasteiger partial charge in [-0.2, -0.15) is 0 Å². The SMILES string of the molecule is CC[C@@]1(O)C(=O)OCC2C(=O)N3Cc4cc5cc(OC)ccc5nc4C3CC21. The molecule has 7 nitrogen and oxygen atoms in total. The molecule has 3 aliphatic rings. The molecule has 1 amide bonds. The number of carbonyl (C=O) groups excluding carboxylic acids is 2. The number of benzene rings is 1. The number of piperidine rings is 1. The predicted molar refractivity (Wildman–Crippen MR) is 99.4 cm³/mol. The van der Waals surface area contributed by atoms with E-state index in [1.165, 1.54) is 0 Å². The largest absolute Gasteiger partial charge is 0.497 e. The number of hydrogen-bond acceptors (Lipinski definition) is 6. The van der Waals surface area contributed by atoms with Crippen LogP contribution in [0.2, 0.25) is 0 Å². The molecule has 1 aromatic carbocycles. The highest BCUT2D eigenvalue weighted by Gasteiger charge is 2.59. The number of carbonyl (C=O) groups is 2. The van der Waals surface area contributed by atoms with Crippen LogP contribution >= 0.6 is 0 Å². The quantitative estimate of drug-likeness (QED) is 0.799. The van der Waals surface area contributed by atoms with Crippen molar-refractivity contribution in [1.82, 2.24) is 9.88 Å². The molecule has 7 heteroatoms. The van der Waals surface area contributed by atoms with Gasteiger partial charge < -0.3 is 19.5 Å². The molecule has 1 aromatic heterocycles. The number of rotatable bonds is 2. The summed E-state index contributed by atoms with van der Waals surface area (Å²) < 4.78 is 10.5. The minimum absolute atomic E-state index is 0.0385. The molecule has 28 heavy (non-hydrogen) atoms. The van der Waals surface area contributed by atoms with Crippen LogP contribution in [0.5, 0.6) is 5.75 Å². The van der Waals surface area contributed by atoms with Gasteiger partial charge in [0, 0.05) is 17.8 Å². The number of fused-ring (bicyclic) bond motifs is 5. The molecule has 2 fully saturated rings. The third kappa shape index (κ3) is 2.22. The first-order valence-electron chi connectivity index (χ1n) is 9.64. The summed E-state index contributed by atoms with van der Waals surface area (Å²) in [5.41, 5.74) is 1.09. The Labute approximate surface area is 162 Å². The van der Waals surface area contributed by atoms with Gasteiger partial charge in [0.1, 0.15) is 12.4 Å². The summed E-state index contributed by atoms with van der Waals surface area (Å²) in [7, 11) is 1.63. The van der Waals surface area contributed by atoms with E-state index in [2.05, 4.69) is 6.07 Å². The lowest BCUT2D eigenvalue weighted by Crippen LogP contribution is -2.61. The van der Waals surface area contributed by atoms with E-state index in [4.69, 9.17) is 14.5 Å². The highest BCUT2D eigenvalue weighted by atomic mass is 16.6. The molecule has 0 bridgehead atoms. The molecule has 3 unspecified atom stereocenters. The maximum absolute atomic E-state index is 13.2. The van der Waals surface area contributed by atoms with Crippen LogP contribution in [-0.2, 0) is 20.9 Å². The number of methoxy groups -OCH3 is 1. The van der Waals surface area contributed by atoms with Crippen molar-refractivity contribution in [2.24, 2.45) is 11.8 Å². The minimum Gasteiger partial charge on any atom is -0.497 e. The molecule has 4 heterocycles. The number of cyclic esters (lactones) is 1. The summed E-state index contributed by atoms with van der Waals surface area (Å²) in [6, 6.07) is 7.54. The van der Waals surface area contributed by atoms with Crippen LogP contribution in [0.1, 0.15) is 37.1 Å². The van der Waals surface area contributed by atoms with Crippen LogP contribution in [0.25, 0.3) is 10.9 Å². The number of nitrogens with zero attached hydrogens (tertiary/aromatic N) is 2. The average molecular weight is 382 g/mol. The Hall–Kier alpha value is -2.67. The lowest BCUT2D eigenvalue weighted by Gasteiger charge is -2.48. The van der Waals surface area contributed by atoms with Gasteiger partial charge in [-0.25, -0.2) is 4.79 Å².